The second-order valence-corrected chi connectivity index (χ2v) is 6.08. The van der Waals surface area contributed by atoms with Crippen LogP contribution in [0.5, 0.6) is 0 Å². The summed E-state index contributed by atoms with van der Waals surface area (Å²) in [7, 11) is 0. The summed E-state index contributed by atoms with van der Waals surface area (Å²) in [5.74, 6) is 0. The van der Waals surface area contributed by atoms with E-state index in [9.17, 15) is 0 Å². The van der Waals surface area contributed by atoms with Gasteiger partial charge < -0.3 is 0 Å². The third-order valence-electron chi connectivity index (χ3n) is 2.24. The predicted octanol–water partition coefficient (Wildman–Crippen LogP) is 2.54. The van der Waals surface area contributed by atoms with Gasteiger partial charge in [-0.2, -0.15) is 0 Å². The van der Waals surface area contributed by atoms with Crippen molar-refractivity contribution in [3.05, 3.63) is 42.5 Å². The molecule has 0 aromatic heterocycles. The van der Waals surface area contributed by atoms with Crippen LogP contribution >= 0.6 is 0 Å². The molecule has 0 N–H and O–H groups in total. The molecule has 0 saturated heterocycles. The van der Waals surface area contributed by atoms with Crippen LogP contribution in [0.3, 0.4) is 0 Å². The zero-order chi connectivity index (χ0) is 8.93. The average molecular weight is 237 g/mol. The average Bonchev–Trinajstić information content (AvgIpc) is 2.21. The first kappa shape index (κ1) is 9.05. The molecule has 1 aromatic rings. The fourth-order valence-electron chi connectivity index (χ4n) is 1.55. The summed E-state index contributed by atoms with van der Waals surface area (Å²) in [6, 6.07) is 10.9. The van der Waals surface area contributed by atoms with Gasteiger partial charge in [-0.15, -0.1) is 0 Å². The quantitative estimate of drug-likeness (QED) is 0.547. The summed E-state index contributed by atoms with van der Waals surface area (Å²) in [6.07, 6.45) is 8.83. The van der Waals surface area contributed by atoms with Gasteiger partial charge in [0.1, 0.15) is 0 Å². The van der Waals surface area contributed by atoms with Gasteiger partial charge >= 0.3 is 86.0 Å². The second kappa shape index (κ2) is 4.64. The van der Waals surface area contributed by atoms with Gasteiger partial charge in [0.25, 0.3) is 0 Å². The maximum atomic E-state index is 2.41. The van der Waals surface area contributed by atoms with E-state index in [0.29, 0.717) is 15.0 Å². The van der Waals surface area contributed by atoms with Crippen molar-refractivity contribution in [3.8, 4) is 0 Å². The summed E-state index contributed by atoms with van der Waals surface area (Å²) in [5, 5.41) is 0. The molecule has 1 aliphatic carbocycles. The fourth-order valence-corrected chi connectivity index (χ4v) is 3.94. The molecule has 0 unspecified atom stereocenters. The maximum absolute atomic E-state index is 2.41. The zero-order valence-electron chi connectivity index (χ0n) is 7.65. The first-order chi connectivity index (χ1) is 6.45. The number of hydrogen-bond donors (Lipinski definition) is 0. The molecule has 1 aromatic carbocycles. The number of rotatable bonds is 2. The predicted molar refractivity (Wildman–Crippen MR) is 58.6 cm³/mol. The summed E-state index contributed by atoms with van der Waals surface area (Å²) >= 11 is 0.651. The minimum atomic E-state index is 0.651. The molecule has 68 valence electrons. The van der Waals surface area contributed by atoms with Crippen molar-refractivity contribution in [2.75, 3.05) is 0 Å². The van der Waals surface area contributed by atoms with E-state index >= 15 is 0 Å². The molecule has 0 amide bonds. The molecule has 13 heavy (non-hydrogen) atoms. The number of benzene rings is 1. The van der Waals surface area contributed by atoms with Crippen LogP contribution in [-0.4, -0.2) is 15.0 Å². The summed E-state index contributed by atoms with van der Waals surface area (Å²) in [4.78, 5) is 0.851. The van der Waals surface area contributed by atoms with Gasteiger partial charge in [-0.05, 0) is 0 Å². The Morgan fingerprint density at radius 3 is 2.69 bits per heavy atom. The van der Waals surface area contributed by atoms with Crippen molar-refractivity contribution in [1.29, 1.82) is 0 Å². The normalized spacial score (nSPS) is 21.7. The number of allylic oxidation sites excluding steroid dienone is 2. The van der Waals surface area contributed by atoms with Crippen molar-refractivity contribution in [1.82, 2.24) is 0 Å². The Balaban J connectivity index is 1.98. The van der Waals surface area contributed by atoms with Crippen LogP contribution in [0.4, 0.5) is 0 Å². The van der Waals surface area contributed by atoms with Gasteiger partial charge in [0, 0.05) is 0 Å². The van der Waals surface area contributed by atoms with Crippen molar-refractivity contribution in [2.24, 2.45) is 0 Å². The Kier molecular flexibility index (Phi) is 3.23. The van der Waals surface area contributed by atoms with Gasteiger partial charge in [-0.1, -0.05) is 0 Å². The molecule has 0 saturated carbocycles. The molecule has 1 heteroatoms. The second-order valence-electron chi connectivity index (χ2n) is 3.33. The third kappa shape index (κ3) is 2.72. The summed E-state index contributed by atoms with van der Waals surface area (Å²) in [6.45, 7) is 0. The Bertz CT molecular complexity index is 276. The van der Waals surface area contributed by atoms with Crippen LogP contribution in [0.1, 0.15) is 19.3 Å². The van der Waals surface area contributed by atoms with Crippen molar-refractivity contribution in [2.45, 2.75) is 24.1 Å². The molecule has 0 heterocycles. The van der Waals surface area contributed by atoms with Gasteiger partial charge in [-0.25, -0.2) is 0 Å². The van der Waals surface area contributed by atoms with E-state index in [-0.39, 0.29) is 0 Å². The van der Waals surface area contributed by atoms with Crippen molar-refractivity contribution < 1.29 is 0 Å². The SMILES string of the molecule is C1=C[C@H]([Se]c2ccccc2)CCC1. The standard InChI is InChI=1S/C12H14Se/c1-3-7-11(8-4-1)13-12-9-5-2-6-10-12/h1,3-5,7-9,12H,2,6,10H2/t12-/m0/s1. The van der Waals surface area contributed by atoms with Crippen molar-refractivity contribution >= 4 is 19.4 Å². The number of hydrogen-bond acceptors (Lipinski definition) is 0. The molecule has 1 aliphatic rings. The van der Waals surface area contributed by atoms with E-state index in [1.165, 1.54) is 23.7 Å². The van der Waals surface area contributed by atoms with E-state index in [0.717, 1.165) is 4.82 Å². The van der Waals surface area contributed by atoms with Crippen LogP contribution in [0.2, 0.25) is 4.82 Å². The molecule has 0 nitrogen and oxygen atoms in total. The Labute approximate surface area is 86.2 Å². The van der Waals surface area contributed by atoms with E-state index in [1.54, 1.807) is 0 Å². The molecular formula is C12H14Se. The summed E-state index contributed by atoms with van der Waals surface area (Å²) in [5.41, 5.74) is 0. The molecule has 0 fully saturated rings. The Morgan fingerprint density at radius 1 is 1.15 bits per heavy atom. The van der Waals surface area contributed by atoms with Crippen LogP contribution in [-0.2, 0) is 0 Å². The molecule has 0 aliphatic heterocycles. The van der Waals surface area contributed by atoms with Gasteiger partial charge in [-0.3, -0.25) is 0 Å². The van der Waals surface area contributed by atoms with E-state index < -0.39 is 0 Å². The van der Waals surface area contributed by atoms with Crippen LogP contribution < -0.4 is 4.46 Å². The molecule has 2 rings (SSSR count). The molecule has 0 spiro atoms. The first-order valence-electron chi connectivity index (χ1n) is 4.83. The van der Waals surface area contributed by atoms with Crippen LogP contribution in [0.15, 0.2) is 42.5 Å². The fraction of sp³-hybridized carbons (Fsp3) is 0.333. The molecule has 0 radical (unpaired) electrons. The van der Waals surface area contributed by atoms with E-state index in [4.69, 9.17) is 0 Å². The van der Waals surface area contributed by atoms with E-state index in [1.807, 2.05) is 0 Å². The molecule has 1 atom stereocenters. The minimum absolute atomic E-state index is 0.651. The van der Waals surface area contributed by atoms with Gasteiger partial charge in [0.05, 0.1) is 0 Å². The monoisotopic (exact) mass is 238 g/mol. The van der Waals surface area contributed by atoms with Gasteiger partial charge in [0.15, 0.2) is 0 Å². The Morgan fingerprint density at radius 2 is 2.00 bits per heavy atom. The topological polar surface area (TPSA) is 0 Å². The molecule has 0 bridgehead atoms. The molecular weight excluding hydrogens is 223 g/mol. The first-order valence-corrected chi connectivity index (χ1v) is 6.68. The van der Waals surface area contributed by atoms with Crippen LogP contribution in [0, 0.1) is 0 Å². The third-order valence-corrected chi connectivity index (χ3v) is 4.84. The summed E-state index contributed by atoms with van der Waals surface area (Å²) < 4.78 is 1.53. The van der Waals surface area contributed by atoms with Crippen LogP contribution in [0.25, 0.3) is 0 Å². The van der Waals surface area contributed by atoms with E-state index in [2.05, 4.69) is 42.5 Å². The zero-order valence-corrected chi connectivity index (χ0v) is 9.36. The van der Waals surface area contributed by atoms with Crippen molar-refractivity contribution in [3.63, 3.8) is 0 Å². The van der Waals surface area contributed by atoms with Gasteiger partial charge in [0.2, 0.25) is 0 Å². The Hall–Kier alpha value is -0.521.